The first-order chi connectivity index (χ1) is 9.17. The SMILES string of the molecule is CCNCc1ccc(OCC=C(C)C)c(OCC)c1. The Kier molecular flexibility index (Phi) is 7.04. The first-order valence-corrected chi connectivity index (χ1v) is 6.90. The molecular weight excluding hydrogens is 238 g/mol. The van der Waals surface area contributed by atoms with E-state index in [1.165, 1.54) is 11.1 Å². The Morgan fingerprint density at radius 1 is 1.16 bits per heavy atom. The zero-order valence-corrected chi connectivity index (χ0v) is 12.5. The van der Waals surface area contributed by atoms with Gasteiger partial charge in [-0.3, -0.25) is 0 Å². The number of rotatable bonds is 8. The molecule has 0 amide bonds. The molecule has 0 aliphatic rings. The van der Waals surface area contributed by atoms with Crippen LogP contribution in [-0.4, -0.2) is 19.8 Å². The third kappa shape index (κ3) is 5.79. The molecule has 0 aromatic heterocycles. The molecule has 106 valence electrons. The Hall–Kier alpha value is -1.48. The highest BCUT2D eigenvalue weighted by Gasteiger charge is 2.05. The van der Waals surface area contributed by atoms with Gasteiger partial charge >= 0.3 is 0 Å². The smallest absolute Gasteiger partial charge is 0.161 e. The van der Waals surface area contributed by atoms with Crippen molar-refractivity contribution in [3.05, 3.63) is 35.4 Å². The van der Waals surface area contributed by atoms with Crippen LogP contribution in [0.15, 0.2) is 29.8 Å². The normalized spacial score (nSPS) is 10.1. The Labute approximate surface area is 116 Å². The fourth-order valence-corrected chi connectivity index (χ4v) is 1.62. The number of benzene rings is 1. The number of allylic oxidation sites excluding steroid dienone is 1. The van der Waals surface area contributed by atoms with Crippen LogP contribution in [-0.2, 0) is 6.54 Å². The quantitative estimate of drug-likeness (QED) is 0.728. The monoisotopic (exact) mass is 263 g/mol. The van der Waals surface area contributed by atoms with Crippen LogP contribution in [0.2, 0.25) is 0 Å². The summed E-state index contributed by atoms with van der Waals surface area (Å²) in [6.45, 7) is 11.2. The van der Waals surface area contributed by atoms with Crippen LogP contribution in [0, 0.1) is 0 Å². The summed E-state index contributed by atoms with van der Waals surface area (Å²) in [6, 6.07) is 6.10. The van der Waals surface area contributed by atoms with Gasteiger partial charge in [0.15, 0.2) is 11.5 Å². The lowest BCUT2D eigenvalue weighted by Crippen LogP contribution is -2.12. The van der Waals surface area contributed by atoms with Gasteiger partial charge in [0, 0.05) is 6.54 Å². The third-order valence-corrected chi connectivity index (χ3v) is 2.62. The molecule has 0 radical (unpaired) electrons. The summed E-state index contributed by atoms with van der Waals surface area (Å²) in [5, 5.41) is 3.31. The van der Waals surface area contributed by atoms with Crippen molar-refractivity contribution in [1.82, 2.24) is 5.32 Å². The van der Waals surface area contributed by atoms with Crippen LogP contribution in [0.5, 0.6) is 11.5 Å². The number of ether oxygens (including phenoxy) is 2. The highest BCUT2D eigenvalue weighted by Crippen LogP contribution is 2.28. The third-order valence-electron chi connectivity index (χ3n) is 2.62. The second kappa shape index (κ2) is 8.59. The molecule has 1 aromatic rings. The van der Waals surface area contributed by atoms with Gasteiger partial charge in [-0.15, -0.1) is 0 Å². The molecule has 1 N–H and O–H groups in total. The second-order valence-electron chi connectivity index (χ2n) is 4.59. The van der Waals surface area contributed by atoms with Crippen LogP contribution >= 0.6 is 0 Å². The second-order valence-corrected chi connectivity index (χ2v) is 4.59. The summed E-state index contributed by atoms with van der Waals surface area (Å²) >= 11 is 0. The molecular formula is C16H25NO2. The predicted molar refractivity (Wildman–Crippen MR) is 79.9 cm³/mol. The first kappa shape index (κ1) is 15.6. The van der Waals surface area contributed by atoms with Crippen molar-refractivity contribution < 1.29 is 9.47 Å². The lowest BCUT2D eigenvalue weighted by atomic mass is 10.2. The predicted octanol–water partition coefficient (Wildman–Crippen LogP) is 3.54. The highest BCUT2D eigenvalue weighted by molar-refractivity contribution is 5.43. The molecule has 1 aromatic carbocycles. The fraction of sp³-hybridized carbons (Fsp3) is 0.500. The summed E-state index contributed by atoms with van der Waals surface area (Å²) in [6.07, 6.45) is 2.06. The van der Waals surface area contributed by atoms with Crippen molar-refractivity contribution in [3.8, 4) is 11.5 Å². The molecule has 0 spiro atoms. The average molecular weight is 263 g/mol. The van der Waals surface area contributed by atoms with E-state index in [2.05, 4.69) is 38.2 Å². The van der Waals surface area contributed by atoms with Crippen molar-refractivity contribution in [2.24, 2.45) is 0 Å². The first-order valence-electron chi connectivity index (χ1n) is 6.90. The van der Waals surface area contributed by atoms with E-state index < -0.39 is 0 Å². The summed E-state index contributed by atoms with van der Waals surface area (Å²) in [4.78, 5) is 0. The minimum Gasteiger partial charge on any atom is -0.490 e. The number of hydrogen-bond acceptors (Lipinski definition) is 3. The maximum Gasteiger partial charge on any atom is 0.161 e. The van der Waals surface area contributed by atoms with Gasteiger partial charge in [-0.1, -0.05) is 18.6 Å². The topological polar surface area (TPSA) is 30.5 Å². The summed E-state index contributed by atoms with van der Waals surface area (Å²) in [5.74, 6) is 1.62. The largest absolute Gasteiger partial charge is 0.490 e. The number of hydrogen-bond donors (Lipinski definition) is 1. The van der Waals surface area contributed by atoms with Gasteiger partial charge in [0.25, 0.3) is 0 Å². The van der Waals surface area contributed by atoms with Gasteiger partial charge in [0.05, 0.1) is 6.61 Å². The Balaban J connectivity index is 2.75. The lowest BCUT2D eigenvalue weighted by Gasteiger charge is -2.13. The molecule has 0 saturated carbocycles. The zero-order valence-electron chi connectivity index (χ0n) is 12.5. The summed E-state index contributed by atoms with van der Waals surface area (Å²) < 4.78 is 11.4. The summed E-state index contributed by atoms with van der Waals surface area (Å²) in [7, 11) is 0. The van der Waals surface area contributed by atoms with Gasteiger partial charge in [-0.2, -0.15) is 0 Å². The summed E-state index contributed by atoms with van der Waals surface area (Å²) in [5.41, 5.74) is 2.46. The molecule has 0 aliphatic heterocycles. The van der Waals surface area contributed by atoms with Crippen molar-refractivity contribution in [3.63, 3.8) is 0 Å². The van der Waals surface area contributed by atoms with Crippen LogP contribution in [0.1, 0.15) is 33.3 Å². The van der Waals surface area contributed by atoms with E-state index in [1.807, 2.05) is 19.1 Å². The molecule has 0 atom stereocenters. The molecule has 0 bridgehead atoms. The molecule has 3 heteroatoms. The van der Waals surface area contributed by atoms with Crippen LogP contribution in [0.25, 0.3) is 0 Å². The van der Waals surface area contributed by atoms with E-state index in [9.17, 15) is 0 Å². The van der Waals surface area contributed by atoms with Gasteiger partial charge in [-0.25, -0.2) is 0 Å². The molecule has 3 nitrogen and oxygen atoms in total. The van der Waals surface area contributed by atoms with Crippen molar-refractivity contribution in [2.75, 3.05) is 19.8 Å². The molecule has 0 aliphatic carbocycles. The molecule has 0 heterocycles. The standard InChI is InChI=1S/C16H25NO2/c1-5-17-12-14-7-8-15(16(11-14)18-6-2)19-10-9-13(3)4/h7-9,11,17H,5-6,10,12H2,1-4H3. The lowest BCUT2D eigenvalue weighted by molar-refractivity contribution is 0.296. The minimum atomic E-state index is 0.578. The van der Waals surface area contributed by atoms with Crippen LogP contribution < -0.4 is 14.8 Å². The van der Waals surface area contributed by atoms with Crippen LogP contribution in [0.4, 0.5) is 0 Å². The zero-order chi connectivity index (χ0) is 14.1. The minimum absolute atomic E-state index is 0.578. The van der Waals surface area contributed by atoms with E-state index in [4.69, 9.17) is 9.47 Å². The highest BCUT2D eigenvalue weighted by atomic mass is 16.5. The van der Waals surface area contributed by atoms with Gasteiger partial charge < -0.3 is 14.8 Å². The molecule has 19 heavy (non-hydrogen) atoms. The van der Waals surface area contributed by atoms with E-state index in [0.717, 1.165) is 24.6 Å². The Bertz CT molecular complexity index is 409. The number of nitrogens with one attached hydrogen (secondary N) is 1. The molecule has 0 saturated heterocycles. The Morgan fingerprint density at radius 3 is 2.58 bits per heavy atom. The Morgan fingerprint density at radius 2 is 1.95 bits per heavy atom. The maximum atomic E-state index is 5.74. The van der Waals surface area contributed by atoms with Crippen molar-refractivity contribution in [2.45, 2.75) is 34.2 Å². The van der Waals surface area contributed by atoms with Crippen LogP contribution in [0.3, 0.4) is 0 Å². The van der Waals surface area contributed by atoms with Crippen molar-refractivity contribution in [1.29, 1.82) is 0 Å². The fourth-order valence-electron chi connectivity index (χ4n) is 1.62. The average Bonchev–Trinajstić information content (AvgIpc) is 2.38. The maximum absolute atomic E-state index is 5.74. The van der Waals surface area contributed by atoms with E-state index in [-0.39, 0.29) is 0 Å². The van der Waals surface area contributed by atoms with E-state index in [0.29, 0.717) is 13.2 Å². The molecule has 1 rings (SSSR count). The molecule has 0 fully saturated rings. The van der Waals surface area contributed by atoms with E-state index >= 15 is 0 Å². The van der Waals surface area contributed by atoms with Gasteiger partial charge in [-0.05, 0) is 51.1 Å². The van der Waals surface area contributed by atoms with E-state index in [1.54, 1.807) is 0 Å². The van der Waals surface area contributed by atoms with Crippen molar-refractivity contribution >= 4 is 0 Å². The van der Waals surface area contributed by atoms with Gasteiger partial charge in [0.1, 0.15) is 6.61 Å². The van der Waals surface area contributed by atoms with Gasteiger partial charge in [0.2, 0.25) is 0 Å². The molecule has 0 unspecified atom stereocenters.